The van der Waals surface area contributed by atoms with Crippen LogP contribution in [0.2, 0.25) is 5.02 Å². The van der Waals surface area contributed by atoms with Crippen LogP contribution in [0.5, 0.6) is 0 Å². The molecule has 334 valence electrons. The summed E-state index contributed by atoms with van der Waals surface area (Å²) in [6, 6.07) is 27.2. The number of halogens is 4. The number of benzene rings is 4. The van der Waals surface area contributed by atoms with Gasteiger partial charge in [-0.15, -0.1) is 11.8 Å². The normalized spacial score (nSPS) is 16.0. The molecule has 2 N–H and O–H groups in total. The molecule has 0 unspecified atom stereocenters. The summed E-state index contributed by atoms with van der Waals surface area (Å²) in [6.45, 7) is 3.64. The monoisotopic (exact) mass is 941 g/mol. The van der Waals surface area contributed by atoms with Gasteiger partial charge in [0.2, 0.25) is 5.91 Å². The number of hydrogen-bond acceptors (Lipinski definition) is 11. The molecule has 0 aliphatic carbocycles. The van der Waals surface area contributed by atoms with E-state index in [1.165, 1.54) is 48.2 Å². The second-order valence-electron chi connectivity index (χ2n) is 15.7. The molecule has 19 heteroatoms. The first-order chi connectivity index (χ1) is 30.0. The van der Waals surface area contributed by atoms with E-state index in [0.29, 0.717) is 41.9 Å². The molecule has 0 bridgehead atoms. The van der Waals surface area contributed by atoms with Crippen LogP contribution in [0.4, 0.5) is 24.7 Å². The summed E-state index contributed by atoms with van der Waals surface area (Å²) in [6.07, 6.45) is 3.31. The highest BCUT2D eigenvalue weighted by Gasteiger charge is 2.48. The molecule has 2 aliphatic heterocycles. The van der Waals surface area contributed by atoms with E-state index < -0.39 is 46.9 Å². The van der Waals surface area contributed by atoms with E-state index in [2.05, 4.69) is 48.0 Å². The minimum absolute atomic E-state index is 0.0311. The van der Waals surface area contributed by atoms with E-state index in [0.717, 1.165) is 55.1 Å². The predicted molar refractivity (Wildman–Crippen MR) is 240 cm³/mol. The van der Waals surface area contributed by atoms with Gasteiger partial charge in [-0.05, 0) is 91.5 Å². The van der Waals surface area contributed by atoms with Crippen molar-refractivity contribution < 1.29 is 34.8 Å². The van der Waals surface area contributed by atoms with Crippen LogP contribution in [0.15, 0.2) is 118 Å². The van der Waals surface area contributed by atoms with E-state index in [1.807, 2.05) is 48.5 Å². The van der Waals surface area contributed by atoms with Crippen LogP contribution in [0.1, 0.15) is 36.1 Å². The Morgan fingerprint density at radius 1 is 0.921 bits per heavy atom. The van der Waals surface area contributed by atoms with Gasteiger partial charge in [0, 0.05) is 73.5 Å². The third kappa shape index (κ3) is 11.2. The van der Waals surface area contributed by atoms with Crippen LogP contribution in [0.3, 0.4) is 0 Å². The molecule has 1 fully saturated rings. The average molecular weight is 943 g/mol. The van der Waals surface area contributed by atoms with Crippen molar-refractivity contribution in [1.29, 1.82) is 0 Å². The molecule has 1 saturated heterocycles. The Morgan fingerprint density at radius 2 is 1.62 bits per heavy atom. The molecule has 63 heavy (non-hydrogen) atoms. The second kappa shape index (κ2) is 19.6. The lowest BCUT2D eigenvalue weighted by Crippen LogP contribution is -2.46. The first kappa shape index (κ1) is 46.3. The topological polar surface area (TPSA) is 145 Å². The van der Waals surface area contributed by atoms with Crippen molar-refractivity contribution in [3.63, 3.8) is 0 Å². The number of sulfone groups is 1. The molecular formula is C44H47ClF3N7O5S3. The fraction of sp³-hybridized carbons (Fsp3) is 0.341. The Hall–Kier alpha value is -4.72. The van der Waals surface area contributed by atoms with Crippen molar-refractivity contribution >= 4 is 60.6 Å². The predicted octanol–water partition coefficient (Wildman–Crippen LogP) is 7.97. The number of alkyl halides is 3. The van der Waals surface area contributed by atoms with Crippen molar-refractivity contribution in [2.24, 2.45) is 0 Å². The molecule has 12 nitrogen and oxygen atoms in total. The maximum Gasteiger partial charge on any atom is 0.501 e. The molecule has 7 rings (SSSR count). The quantitative estimate of drug-likeness (QED) is 0.0987. The Labute approximate surface area is 375 Å². The number of nitrogens with one attached hydrogen (secondary N) is 2. The summed E-state index contributed by atoms with van der Waals surface area (Å²) in [5, 5.41) is 3.50. The van der Waals surface area contributed by atoms with Crippen molar-refractivity contribution in [2.75, 3.05) is 49.5 Å². The zero-order chi connectivity index (χ0) is 44.9. The van der Waals surface area contributed by atoms with Gasteiger partial charge in [0.15, 0.2) is 0 Å². The van der Waals surface area contributed by atoms with Crippen molar-refractivity contribution in [3.8, 4) is 11.1 Å². The highest BCUT2D eigenvalue weighted by Crippen LogP contribution is 2.38. The van der Waals surface area contributed by atoms with Crippen LogP contribution in [0.25, 0.3) is 11.1 Å². The summed E-state index contributed by atoms with van der Waals surface area (Å²) in [7, 11) is -7.71. The van der Waals surface area contributed by atoms with Crippen LogP contribution < -0.4 is 10.0 Å². The van der Waals surface area contributed by atoms with Gasteiger partial charge in [0.1, 0.15) is 17.0 Å². The molecule has 0 spiro atoms. The lowest BCUT2D eigenvalue weighted by atomic mass is 9.96. The number of sulfonamides is 1. The number of thioether (sulfide) groups is 1. The summed E-state index contributed by atoms with van der Waals surface area (Å²) in [5.74, 6) is -0.209. The first-order valence-electron chi connectivity index (χ1n) is 20.2. The molecule has 0 saturated carbocycles. The Balaban J connectivity index is 1.05. The SMILES string of the molecule is CN(C)C(=O)C[C@H](CSc1ccccc1)Nc1ccc(S(=O)(=O)Nc2ncnc3c2CCN(C2CCN(Cc4ccccc4-c4ccc(Cl)cc4)CC2)C3)cc1S(=O)(=O)C(F)(F)F. The lowest BCUT2D eigenvalue weighted by Gasteiger charge is -2.40. The zero-order valence-electron chi connectivity index (χ0n) is 34.6. The molecular weight excluding hydrogens is 895 g/mol. The standard InChI is InChI=1S/C44H47ClF3N7O5S3/c1-53(2)42(56)24-33(28-61-35-9-4-3-5-10-35)51-39-17-16-36(25-41(39)62(57,58)44(46,47)48)63(59,60)52-43-38-20-23-55(27-40(38)49-29-50-43)34-18-21-54(22-19-34)26-31-8-6-7-11-37(31)30-12-14-32(45)15-13-30/h3-17,25,29,33-34,51H,18-24,26-28H2,1-2H3,(H,49,50,52)/t33-/m1/s1. The maximum atomic E-state index is 14.2. The maximum absolute atomic E-state index is 14.2. The van der Waals surface area contributed by atoms with Crippen molar-refractivity contribution in [3.05, 3.63) is 125 Å². The van der Waals surface area contributed by atoms with E-state index in [1.54, 1.807) is 12.1 Å². The van der Waals surface area contributed by atoms with Gasteiger partial charge >= 0.3 is 5.51 Å². The third-order valence-electron chi connectivity index (χ3n) is 11.2. The van der Waals surface area contributed by atoms with Crippen LogP contribution in [0, 0.1) is 0 Å². The summed E-state index contributed by atoms with van der Waals surface area (Å²) in [4.78, 5) is 26.3. The Morgan fingerprint density at radius 3 is 2.32 bits per heavy atom. The first-order valence-corrected chi connectivity index (χ1v) is 24.6. The number of carbonyl (C=O) groups excluding carboxylic acids is 1. The Kier molecular flexibility index (Phi) is 14.4. The van der Waals surface area contributed by atoms with E-state index in [-0.39, 0.29) is 29.9 Å². The summed E-state index contributed by atoms with van der Waals surface area (Å²) < 4.78 is 98.7. The van der Waals surface area contributed by atoms with Crippen LogP contribution in [-0.4, -0.2) is 104 Å². The molecule has 1 aromatic heterocycles. The number of piperidine rings is 1. The largest absolute Gasteiger partial charge is 0.501 e. The fourth-order valence-electron chi connectivity index (χ4n) is 7.83. The molecule has 2 aliphatic rings. The number of fused-ring (bicyclic) bond motifs is 1. The van der Waals surface area contributed by atoms with Crippen LogP contribution in [-0.2, 0) is 44.2 Å². The average Bonchev–Trinajstić information content (AvgIpc) is 3.26. The molecule has 4 aromatic carbocycles. The van der Waals surface area contributed by atoms with Gasteiger partial charge in [0.05, 0.1) is 16.3 Å². The molecule has 1 atom stereocenters. The number of amides is 1. The Bertz CT molecular complexity index is 2630. The van der Waals surface area contributed by atoms with Crippen molar-refractivity contribution in [2.45, 2.75) is 71.1 Å². The molecule has 0 radical (unpaired) electrons. The number of nitrogens with zero attached hydrogens (tertiary/aromatic N) is 5. The second-order valence-corrected chi connectivity index (χ2v) is 20.8. The zero-order valence-corrected chi connectivity index (χ0v) is 37.8. The number of aromatic nitrogens is 2. The van der Waals surface area contributed by atoms with Gasteiger partial charge in [-0.25, -0.2) is 26.8 Å². The summed E-state index contributed by atoms with van der Waals surface area (Å²) in [5.41, 5.74) is -1.56. The number of rotatable bonds is 15. The number of anilines is 2. The lowest BCUT2D eigenvalue weighted by molar-refractivity contribution is -0.128. The van der Waals surface area contributed by atoms with Gasteiger partial charge in [-0.1, -0.05) is 66.2 Å². The fourth-order valence-corrected chi connectivity index (χ4v) is 11.0. The molecule has 1 amide bonds. The van der Waals surface area contributed by atoms with Crippen LogP contribution >= 0.6 is 23.4 Å². The van der Waals surface area contributed by atoms with Crippen molar-refractivity contribution in [1.82, 2.24) is 24.7 Å². The minimum Gasteiger partial charge on any atom is -0.380 e. The molecule has 3 heterocycles. The van der Waals surface area contributed by atoms with Gasteiger partial charge in [-0.2, -0.15) is 13.2 Å². The minimum atomic E-state index is -6.08. The van der Waals surface area contributed by atoms with Gasteiger partial charge < -0.3 is 10.2 Å². The van der Waals surface area contributed by atoms with Gasteiger partial charge in [0.25, 0.3) is 19.9 Å². The molecule has 5 aromatic rings. The summed E-state index contributed by atoms with van der Waals surface area (Å²) >= 11 is 7.45. The van der Waals surface area contributed by atoms with E-state index in [4.69, 9.17) is 11.6 Å². The highest BCUT2D eigenvalue weighted by atomic mass is 35.5. The number of likely N-dealkylation sites (tertiary alicyclic amines) is 1. The number of hydrogen-bond donors (Lipinski definition) is 2. The van der Waals surface area contributed by atoms with E-state index in [9.17, 15) is 34.8 Å². The number of carbonyl (C=O) groups is 1. The highest BCUT2D eigenvalue weighted by molar-refractivity contribution is 7.99. The smallest absolute Gasteiger partial charge is 0.380 e. The van der Waals surface area contributed by atoms with Gasteiger partial charge in [-0.3, -0.25) is 19.3 Å². The van der Waals surface area contributed by atoms with E-state index >= 15 is 0 Å². The third-order valence-corrected chi connectivity index (χ3v) is 15.5.